The van der Waals surface area contributed by atoms with E-state index in [2.05, 4.69) is 20.8 Å². The summed E-state index contributed by atoms with van der Waals surface area (Å²) in [6.07, 6.45) is -5.17. The van der Waals surface area contributed by atoms with Gasteiger partial charge in [-0.3, -0.25) is 0 Å². The number of carbonyl (C=O) groups excluding carboxylic acids is 1. The van der Waals surface area contributed by atoms with Crippen molar-refractivity contribution in [1.29, 1.82) is 0 Å². The topological polar surface area (TPSA) is 38.8 Å². The predicted molar refractivity (Wildman–Crippen MR) is 94.0 cm³/mol. The van der Waals surface area contributed by atoms with Gasteiger partial charge in [0.15, 0.2) is 8.32 Å². The second-order valence-electron chi connectivity index (χ2n) is 9.33. The maximum absolute atomic E-state index is 13.2. The zero-order chi connectivity index (χ0) is 19.8. The van der Waals surface area contributed by atoms with Crippen LogP contribution >= 0.6 is 0 Å². The molecule has 0 N–H and O–H groups in total. The van der Waals surface area contributed by atoms with E-state index < -0.39 is 38.1 Å². The van der Waals surface area contributed by atoms with Crippen molar-refractivity contribution in [3.05, 3.63) is 0 Å². The van der Waals surface area contributed by atoms with Crippen molar-refractivity contribution in [2.75, 3.05) is 13.2 Å². The Morgan fingerprint density at radius 1 is 1.12 bits per heavy atom. The SMILES string of the molecule is CC(C)(C)OC(=O)N1C[C@H](C(F)(F)F)C[C@@H]1CO[Si](C)(C)C(C)(C)C. The molecule has 0 radical (unpaired) electrons. The van der Waals surface area contributed by atoms with Gasteiger partial charge < -0.3 is 14.1 Å². The molecular formula is C17H32F3NO3Si. The van der Waals surface area contributed by atoms with E-state index in [1.165, 1.54) is 4.90 Å². The highest BCUT2D eigenvalue weighted by Gasteiger charge is 2.50. The zero-order valence-corrected chi connectivity index (χ0v) is 17.6. The predicted octanol–water partition coefficient (Wildman–Crippen LogP) is 5.20. The molecule has 1 amide bonds. The van der Waals surface area contributed by atoms with Gasteiger partial charge in [-0.1, -0.05) is 20.8 Å². The number of ether oxygens (including phenoxy) is 1. The molecule has 0 spiro atoms. The van der Waals surface area contributed by atoms with Gasteiger partial charge in [-0.2, -0.15) is 13.2 Å². The van der Waals surface area contributed by atoms with Crippen molar-refractivity contribution in [2.45, 2.75) is 83.9 Å². The van der Waals surface area contributed by atoms with Crippen LogP contribution in [0.1, 0.15) is 48.0 Å². The largest absolute Gasteiger partial charge is 0.444 e. The van der Waals surface area contributed by atoms with Gasteiger partial charge >= 0.3 is 12.3 Å². The van der Waals surface area contributed by atoms with E-state index in [-0.39, 0.29) is 24.6 Å². The van der Waals surface area contributed by atoms with Crippen molar-refractivity contribution < 1.29 is 27.1 Å². The van der Waals surface area contributed by atoms with Crippen LogP contribution in [-0.4, -0.2) is 50.3 Å². The number of carbonyl (C=O) groups is 1. The molecule has 0 unspecified atom stereocenters. The fraction of sp³-hybridized carbons (Fsp3) is 0.941. The molecule has 0 aromatic heterocycles. The Balaban J connectivity index is 2.90. The van der Waals surface area contributed by atoms with Crippen LogP contribution in [0.5, 0.6) is 0 Å². The first-order valence-corrected chi connectivity index (χ1v) is 11.6. The van der Waals surface area contributed by atoms with Gasteiger partial charge in [-0.05, 0) is 45.3 Å². The monoisotopic (exact) mass is 383 g/mol. The van der Waals surface area contributed by atoms with Crippen molar-refractivity contribution in [2.24, 2.45) is 5.92 Å². The Morgan fingerprint density at radius 2 is 1.64 bits per heavy atom. The van der Waals surface area contributed by atoms with Gasteiger partial charge in [0, 0.05) is 6.54 Å². The molecule has 0 aromatic rings. The molecule has 1 fully saturated rings. The number of rotatable bonds is 3. The van der Waals surface area contributed by atoms with Crippen LogP contribution in [0.4, 0.5) is 18.0 Å². The first-order chi connectivity index (χ1) is 10.9. The fourth-order valence-corrected chi connectivity index (χ4v) is 3.42. The third-order valence-corrected chi connectivity index (χ3v) is 9.45. The van der Waals surface area contributed by atoms with E-state index >= 15 is 0 Å². The minimum atomic E-state index is -4.33. The molecule has 0 aliphatic carbocycles. The van der Waals surface area contributed by atoms with Crippen LogP contribution in [0, 0.1) is 5.92 Å². The summed E-state index contributed by atoms with van der Waals surface area (Å²) in [5.74, 6) is -1.53. The molecule has 25 heavy (non-hydrogen) atoms. The summed E-state index contributed by atoms with van der Waals surface area (Å²) in [5, 5.41) is -0.0498. The van der Waals surface area contributed by atoms with Crippen LogP contribution in [0.25, 0.3) is 0 Å². The summed E-state index contributed by atoms with van der Waals surface area (Å²) in [7, 11) is -2.11. The third-order valence-electron chi connectivity index (χ3n) is 4.95. The van der Waals surface area contributed by atoms with E-state index in [4.69, 9.17) is 9.16 Å². The molecule has 148 valence electrons. The molecule has 1 saturated heterocycles. The summed E-state index contributed by atoms with van der Waals surface area (Å²) in [4.78, 5) is 13.5. The molecule has 1 rings (SSSR count). The van der Waals surface area contributed by atoms with Crippen molar-refractivity contribution in [1.82, 2.24) is 4.90 Å². The molecule has 8 heteroatoms. The molecule has 4 nitrogen and oxygen atoms in total. The summed E-state index contributed by atoms with van der Waals surface area (Å²) < 4.78 is 50.8. The number of hydrogen-bond acceptors (Lipinski definition) is 3. The van der Waals surface area contributed by atoms with E-state index in [0.29, 0.717) is 0 Å². The number of nitrogens with zero attached hydrogens (tertiary/aromatic N) is 1. The lowest BCUT2D eigenvalue weighted by atomic mass is 10.1. The molecule has 1 aliphatic rings. The van der Waals surface area contributed by atoms with E-state index in [0.717, 1.165) is 0 Å². The molecule has 2 atom stereocenters. The second-order valence-corrected chi connectivity index (χ2v) is 14.1. The van der Waals surface area contributed by atoms with Crippen LogP contribution in [0.3, 0.4) is 0 Å². The minimum absolute atomic E-state index is 0.0498. The van der Waals surface area contributed by atoms with Crippen LogP contribution in [-0.2, 0) is 9.16 Å². The van der Waals surface area contributed by atoms with E-state index in [1.807, 2.05) is 13.1 Å². The fourth-order valence-electron chi connectivity index (χ4n) is 2.38. The van der Waals surface area contributed by atoms with Gasteiger partial charge in [-0.25, -0.2) is 4.79 Å². The highest BCUT2D eigenvalue weighted by molar-refractivity contribution is 6.74. The lowest BCUT2D eigenvalue weighted by Crippen LogP contribution is -2.46. The van der Waals surface area contributed by atoms with Crippen molar-refractivity contribution in [3.8, 4) is 0 Å². The number of alkyl halides is 3. The number of hydrogen-bond donors (Lipinski definition) is 0. The van der Waals surface area contributed by atoms with Crippen LogP contribution < -0.4 is 0 Å². The van der Waals surface area contributed by atoms with Crippen LogP contribution in [0.15, 0.2) is 0 Å². The van der Waals surface area contributed by atoms with Gasteiger partial charge in [0.25, 0.3) is 0 Å². The average molecular weight is 384 g/mol. The second kappa shape index (κ2) is 7.10. The third kappa shape index (κ3) is 6.16. The number of likely N-dealkylation sites (tertiary alicyclic amines) is 1. The first-order valence-electron chi connectivity index (χ1n) is 8.64. The first kappa shape index (κ1) is 22.3. The van der Waals surface area contributed by atoms with Gasteiger partial charge in [-0.15, -0.1) is 0 Å². The standard InChI is InChI=1S/C17H32F3NO3Si/c1-15(2,3)24-14(22)21-10-12(17(18,19)20)9-13(21)11-23-25(7,8)16(4,5)6/h12-13H,9-11H2,1-8H3/t12-,13-/m1/s1. The zero-order valence-electron chi connectivity index (χ0n) is 16.6. The summed E-state index contributed by atoms with van der Waals surface area (Å²) in [6, 6.07) is -0.615. The van der Waals surface area contributed by atoms with Gasteiger partial charge in [0.2, 0.25) is 0 Å². The van der Waals surface area contributed by atoms with Crippen LogP contribution in [0.2, 0.25) is 18.1 Å². The Labute approximate surface area is 150 Å². The van der Waals surface area contributed by atoms with Crippen molar-refractivity contribution >= 4 is 14.4 Å². The Kier molecular flexibility index (Phi) is 6.32. The summed E-state index contributed by atoms with van der Waals surface area (Å²) in [6.45, 7) is 15.1. The number of halogens is 3. The molecule has 0 aromatic carbocycles. The highest BCUT2D eigenvalue weighted by atomic mass is 28.4. The minimum Gasteiger partial charge on any atom is -0.444 e. The molecule has 1 aliphatic heterocycles. The maximum Gasteiger partial charge on any atom is 0.410 e. The van der Waals surface area contributed by atoms with E-state index in [1.54, 1.807) is 20.8 Å². The lowest BCUT2D eigenvalue weighted by molar-refractivity contribution is -0.170. The molecule has 0 bridgehead atoms. The molecule has 1 heterocycles. The molecule has 0 saturated carbocycles. The Morgan fingerprint density at radius 3 is 2.04 bits per heavy atom. The maximum atomic E-state index is 13.2. The highest BCUT2D eigenvalue weighted by Crippen LogP contribution is 2.40. The summed E-state index contributed by atoms with van der Waals surface area (Å²) in [5.41, 5.74) is -0.752. The lowest BCUT2D eigenvalue weighted by Gasteiger charge is -2.38. The Bertz CT molecular complexity index is 481. The van der Waals surface area contributed by atoms with Gasteiger partial charge in [0.05, 0.1) is 18.6 Å². The smallest absolute Gasteiger partial charge is 0.410 e. The van der Waals surface area contributed by atoms with E-state index in [9.17, 15) is 18.0 Å². The van der Waals surface area contributed by atoms with Gasteiger partial charge in [0.1, 0.15) is 5.60 Å². The van der Waals surface area contributed by atoms with Crippen molar-refractivity contribution in [3.63, 3.8) is 0 Å². The number of amides is 1. The normalized spacial score (nSPS) is 23.1. The Hall–Kier alpha value is -0.763. The average Bonchev–Trinajstić information content (AvgIpc) is 2.76. The molecular weight excluding hydrogens is 351 g/mol. The summed E-state index contributed by atoms with van der Waals surface area (Å²) >= 11 is 0. The quantitative estimate of drug-likeness (QED) is 0.629.